The lowest BCUT2D eigenvalue weighted by Crippen LogP contribution is -2.34. The maximum Gasteiger partial charge on any atom is 0.472 e. The average molecular weight is 724 g/mol. The fourth-order valence-electron chi connectivity index (χ4n) is 4.15. The van der Waals surface area contributed by atoms with Gasteiger partial charge in [0.25, 0.3) is 0 Å². The highest BCUT2D eigenvalue weighted by Crippen LogP contribution is 2.43. The average Bonchev–Trinajstić information content (AvgIpc) is 3.09. The first kappa shape index (κ1) is 46.9. The van der Waals surface area contributed by atoms with Crippen molar-refractivity contribution in [3.05, 3.63) is 72.9 Å². The van der Waals surface area contributed by atoms with E-state index in [9.17, 15) is 23.8 Å². The van der Waals surface area contributed by atoms with Crippen LogP contribution in [0.15, 0.2) is 72.9 Å². The standard InChI is InChI=1S/C38H62NO10P/c1-3-5-7-9-11-13-15-17-19-21-23-25-27-29-36(40)46-31-34(32-47-50(44,45)48-33-35(39)38(42)43)49-37(41)30-28-26-24-22-20-18-16-14-12-10-8-6-4-2/h5-8,11-14,17-20,34-35H,3-4,9-10,15-16,21-33,39H2,1-2H3,(H,42,43)(H,44,45)/b7-5-,8-6-,13-11-,14-12-,19-17-,20-18-. The number of esters is 2. The quantitative estimate of drug-likeness (QED) is 0.0263. The summed E-state index contributed by atoms with van der Waals surface area (Å²) in [6.45, 7) is 2.46. The number of carbonyl (C=O) groups excluding carboxylic acids is 2. The van der Waals surface area contributed by atoms with Crippen LogP contribution in [0.5, 0.6) is 0 Å². The Morgan fingerprint density at radius 2 is 1.06 bits per heavy atom. The fraction of sp³-hybridized carbons (Fsp3) is 0.605. The Morgan fingerprint density at radius 1 is 0.620 bits per heavy atom. The van der Waals surface area contributed by atoms with Crippen molar-refractivity contribution in [2.24, 2.45) is 5.73 Å². The number of carboxylic acid groups (broad SMARTS) is 1. The maximum absolute atomic E-state index is 12.5. The molecule has 11 nitrogen and oxygen atoms in total. The van der Waals surface area contributed by atoms with Crippen LogP contribution in [-0.4, -0.2) is 59.9 Å². The van der Waals surface area contributed by atoms with Gasteiger partial charge >= 0.3 is 25.7 Å². The SMILES string of the molecule is CC/C=C\C/C=C\C/C=C\CCCCCC(=O)OCC(COP(=O)(O)OCC(N)C(=O)O)OC(=O)CCCCC/C=C\C/C=C\C/C=C\CC. The van der Waals surface area contributed by atoms with Crippen molar-refractivity contribution in [1.82, 2.24) is 0 Å². The van der Waals surface area contributed by atoms with E-state index < -0.39 is 51.1 Å². The van der Waals surface area contributed by atoms with E-state index in [1.165, 1.54) is 0 Å². The van der Waals surface area contributed by atoms with Crippen molar-refractivity contribution in [3.8, 4) is 0 Å². The molecule has 12 heteroatoms. The summed E-state index contributed by atoms with van der Waals surface area (Å²) in [7, 11) is -4.73. The Balaban J connectivity index is 4.59. The topological polar surface area (TPSA) is 172 Å². The number of phosphoric acid groups is 1. The molecule has 0 aliphatic heterocycles. The molecule has 4 N–H and O–H groups in total. The molecular formula is C38H62NO10P. The number of carboxylic acids is 1. The molecule has 50 heavy (non-hydrogen) atoms. The first-order valence-electron chi connectivity index (χ1n) is 18.0. The lowest BCUT2D eigenvalue weighted by Gasteiger charge is -2.20. The molecule has 0 amide bonds. The fourth-order valence-corrected chi connectivity index (χ4v) is 4.93. The number of allylic oxidation sites excluding steroid dienone is 12. The molecule has 0 aromatic heterocycles. The van der Waals surface area contributed by atoms with Crippen LogP contribution in [0.4, 0.5) is 0 Å². The first-order valence-corrected chi connectivity index (χ1v) is 19.5. The van der Waals surface area contributed by atoms with Crippen LogP contribution in [0.25, 0.3) is 0 Å². The summed E-state index contributed by atoms with van der Waals surface area (Å²) in [4.78, 5) is 45.6. The third kappa shape index (κ3) is 32.1. The number of carbonyl (C=O) groups is 3. The molecule has 3 unspecified atom stereocenters. The van der Waals surface area contributed by atoms with E-state index >= 15 is 0 Å². The Hall–Kier alpha value is -3.08. The normalized spacial score (nSPS) is 14.8. The van der Waals surface area contributed by atoms with Crippen LogP contribution in [0, 0.1) is 0 Å². The molecule has 0 spiro atoms. The highest BCUT2D eigenvalue weighted by molar-refractivity contribution is 7.47. The minimum absolute atomic E-state index is 0.115. The van der Waals surface area contributed by atoms with E-state index in [1.54, 1.807) is 0 Å². The van der Waals surface area contributed by atoms with Crippen molar-refractivity contribution in [1.29, 1.82) is 0 Å². The molecule has 0 aromatic carbocycles. The van der Waals surface area contributed by atoms with Gasteiger partial charge in [0.1, 0.15) is 12.6 Å². The van der Waals surface area contributed by atoms with Crippen molar-refractivity contribution >= 4 is 25.7 Å². The van der Waals surface area contributed by atoms with E-state index in [1.807, 2.05) is 0 Å². The van der Waals surface area contributed by atoms with Gasteiger partial charge in [-0.1, -0.05) is 99.6 Å². The number of hydrogen-bond donors (Lipinski definition) is 3. The third-order valence-corrected chi connectivity index (χ3v) is 7.90. The molecule has 0 rings (SSSR count). The molecule has 0 saturated heterocycles. The van der Waals surface area contributed by atoms with Crippen LogP contribution in [-0.2, 0) is 37.5 Å². The molecule has 0 aliphatic carbocycles. The van der Waals surface area contributed by atoms with Gasteiger partial charge < -0.3 is 25.2 Å². The Labute approximate surface area is 300 Å². The van der Waals surface area contributed by atoms with E-state index in [2.05, 4.69) is 91.3 Å². The van der Waals surface area contributed by atoms with Gasteiger partial charge in [-0.05, 0) is 77.0 Å². The van der Waals surface area contributed by atoms with Gasteiger partial charge in [-0.25, -0.2) is 4.57 Å². The number of ether oxygens (including phenoxy) is 2. The first-order chi connectivity index (χ1) is 24.1. The van der Waals surface area contributed by atoms with Crippen LogP contribution >= 0.6 is 7.82 Å². The van der Waals surface area contributed by atoms with Crippen LogP contribution in [0.1, 0.15) is 117 Å². The number of nitrogens with two attached hydrogens (primary N) is 1. The van der Waals surface area contributed by atoms with E-state index in [0.29, 0.717) is 12.8 Å². The summed E-state index contributed by atoms with van der Waals surface area (Å²) in [6.07, 6.45) is 37.0. The molecule has 284 valence electrons. The molecule has 0 saturated carbocycles. The molecule has 3 atom stereocenters. The minimum atomic E-state index is -4.73. The minimum Gasteiger partial charge on any atom is -0.480 e. The van der Waals surface area contributed by atoms with E-state index in [4.69, 9.17) is 24.8 Å². The molecule has 0 bridgehead atoms. The Kier molecular flexibility index (Phi) is 31.0. The summed E-state index contributed by atoms with van der Waals surface area (Å²) in [5.41, 5.74) is 5.30. The zero-order valence-electron chi connectivity index (χ0n) is 30.2. The highest BCUT2D eigenvalue weighted by atomic mass is 31.2. The van der Waals surface area contributed by atoms with Gasteiger partial charge in [0.15, 0.2) is 6.10 Å². The second kappa shape index (κ2) is 33.1. The smallest absolute Gasteiger partial charge is 0.472 e. The summed E-state index contributed by atoms with van der Waals surface area (Å²) < 4.78 is 32.4. The van der Waals surface area contributed by atoms with Crippen LogP contribution < -0.4 is 5.73 Å². The van der Waals surface area contributed by atoms with Gasteiger partial charge in [0.05, 0.1) is 13.2 Å². The second-order valence-corrected chi connectivity index (χ2v) is 13.0. The van der Waals surface area contributed by atoms with E-state index in [0.717, 1.165) is 77.0 Å². The number of phosphoric ester groups is 1. The van der Waals surface area contributed by atoms with Crippen LogP contribution in [0.2, 0.25) is 0 Å². The van der Waals surface area contributed by atoms with Gasteiger partial charge in [-0.15, -0.1) is 0 Å². The Bertz CT molecular complexity index is 1130. The van der Waals surface area contributed by atoms with Gasteiger partial charge in [-0.3, -0.25) is 23.4 Å². The van der Waals surface area contributed by atoms with Crippen LogP contribution in [0.3, 0.4) is 0 Å². The van der Waals surface area contributed by atoms with Crippen molar-refractivity contribution in [2.45, 2.75) is 129 Å². The van der Waals surface area contributed by atoms with Crippen molar-refractivity contribution < 1.29 is 47.5 Å². The predicted molar refractivity (Wildman–Crippen MR) is 198 cm³/mol. The van der Waals surface area contributed by atoms with Gasteiger partial charge in [0.2, 0.25) is 0 Å². The highest BCUT2D eigenvalue weighted by Gasteiger charge is 2.28. The zero-order chi connectivity index (χ0) is 37.1. The summed E-state index contributed by atoms with van der Waals surface area (Å²) in [5.74, 6) is -2.47. The molecule has 0 aromatic rings. The predicted octanol–water partition coefficient (Wildman–Crippen LogP) is 8.61. The van der Waals surface area contributed by atoms with E-state index in [-0.39, 0.29) is 19.4 Å². The third-order valence-electron chi connectivity index (χ3n) is 6.95. The maximum atomic E-state index is 12.5. The largest absolute Gasteiger partial charge is 0.480 e. The van der Waals surface area contributed by atoms with Crippen molar-refractivity contribution in [3.63, 3.8) is 0 Å². The van der Waals surface area contributed by atoms with Crippen molar-refractivity contribution in [2.75, 3.05) is 19.8 Å². The van der Waals surface area contributed by atoms with Gasteiger partial charge in [-0.2, -0.15) is 0 Å². The molecule has 0 fully saturated rings. The molecular weight excluding hydrogens is 661 g/mol. The lowest BCUT2D eigenvalue weighted by atomic mass is 10.1. The lowest BCUT2D eigenvalue weighted by molar-refractivity contribution is -0.161. The zero-order valence-corrected chi connectivity index (χ0v) is 31.1. The second-order valence-electron chi connectivity index (χ2n) is 11.6. The number of hydrogen-bond acceptors (Lipinski definition) is 9. The molecule has 0 radical (unpaired) electrons. The molecule has 0 aliphatic rings. The summed E-state index contributed by atoms with van der Waals surface area (Å²) >= 11 is 0. The number of rotatable bonds is 32. The molecule has 0 heterocycles. The summed E-state index contributed by atoms with van der Waals surface area (Å²) in [6, 6.07) is -1.53. The summed E-state index contributed by atoms with van der Waals surface area (Å²) in [5, 5.41) is 8.85. The number of unbranched alkanes of at least 4 members (excludes halogenated alkanes) is 6. The monoisotopic (exact) mass is 723 g/mol. The Morgan fingerprint density at radius 3 is 1.54 bits per heavy atom. The van der Waals surface area contributed by atoms with Gasteiger partial charge in [0, 0.05) is 12.8 Å². The number of aliphatic carboxylic acids is 1.